The fourth-order valence-corrected chi connectivity index (χ4v) is 3.15. The van der Waals surface area contributed by atoms with Gasteiger partial charge in [-0.1, -0.05) is 25.1 Å². The number of hydrogen-bond acceptors (Lipinski definition) is 3. The molecule has 0 unspecified atom stereocenters. The largest absolute Gasteiger partial charge is 0.457 e. The van der Waals surface area contributed by atoms with Crippen LogP contribution in [0, 0.1) is 0 Å². The molecule has 1 N–H and O–H groups in total. The van der Waals surface area contributed by atoms with Crippen LogP contribution in [0.15, 0.2) is 54.6 Å². The zero-order valence-corrected chi connectivity index (χ0v) is 14.1. The zero-order chi connectivity index (χ0) is 16.8. The Morgan fingerprint density at radius 2 is 1.83 bits per heavy atom. The van der Waals surface area contributed by atoms with Crippen LogP contribution in [0.2, 0.25) is 0 Å². The fourth-order valence-electron chi connectivity index (χ4n) is 3.15. The van der Waals surface area contributed by atoms with Crippen molar-refractivity contribution in [3.05, 3.63) is 60.2 Å². The van der Waals surface area contributed by atoms with Crippen LogP contribution in [0.3, 0.4) is 0 Å². The van der Waals surface area contributed by atoms with E-state index in [1.165, 1.54) is 6.42 Å². The standard InChI is InChI=1S/C20H24N2O2/c1-2-22-14-6-7-17(22)15-21-20(23)16-10-12-19(13-11-16)24-18-8-4-3-5-9-18/h3-5,8-13,17H,2,6-7,14-15H2,1H3,(H,21,23)/t17-/m0/s1. The number of likely N-dealkylation sites (tertiary alicyclic amines) is 1. The summed E-state index contributed by atoms with van der Waals surface area (Å²) in [5.41, 5.74) is 0.663. The molecule has 126 valence electrons. The Morgan fingerprint density at radius 3 is 2.54 bits per heavy atom. The molecule has 1 atom stereocenters. The van der Waals surface area contributed by atoms with Crippen LogP contribution in [-0.2, 0) is 0 Å². The monoisotopic (exact) mass is 324 g/mol. The molecule has 1 fully saturated rings. The summed E-state index contributed by atoms with van der Waals surface area (Å²) in [4.78, 5) is 14.7. The molecule has 0 radical (unpaired) electrons. The number of benzene rings is 2. The van der Waals surface area contributed by atoms with Gasteiger partial charge < -0.3 is 10.1 Å². The lowest BCUT2D eigenvalue weighted by Crippen LogP contribution is -2.40. The smallest absolute Gasteiger partial charge is 0.251 e. The lowest BCUT2D eigenvalue weighted by atomic mass is 10.2. The molecule has 24 heavy (non-hydrogen) atoms. The maximum absolute atomic E-state index is 12.3. The minimum Gasteiger partial charge on any atom is -0.457 e. The number of ether oxygens (including phenoxy) is 1. The first kappa shape index (κ1) is 16.5. The molecule has 1 heterocycles. The maximum atomic E-state index is 12.3. The topological polar surface area (TPSA) is 41.6 Å². The molecule has 2 aromatic carbocycles. The first-order chi connectivity index (χ1) is 11.8. The minimum absolute atomic E-state index is 0.0239. The Kier molecular flexibility index (Phi) is 5.49. The summed E-state index contributed by atoms with van der Waals surface area (Å²) < 4.78 is 5.74. The van der Waals surface area contributed by atoms with Crippen LogP contribution in [0.5, 0.6) is 11.5 Å². The van der Waals surface area contributed by atoms with Crippen molar-refractivity contribution in [2.75, 3.05) is 19.6 Å². The van der Waals surface area contributed by atoms with Crippen LogP contribution in [0.25, 0.3) is 0 Å². The number of hydrogen-bond donors (Lipinski definition) is 1. The third-order valence-electron chi connectivity index (χ3n) is 4.50. The van der Waals surface area contributed by atoms with Gasteiger partial charge in [0, 0.05) is 18.2 Å². The summed E-state index contributed by atoms with van der Waals surface area (Å²) in [7, 11) is 0. The van der Waals surface area contributed by atoms with Gasteiger partial charge in [0.1, 0.15) is 11.5 Å². The zero-order valence-electron chi connectivity index (χ0n) is 14.1. The molecule has 4 nitrogen and oxygen atoms in total. The summed E-state index contributed by atoms with van der Waals surface area (Å²) >= 11 is 0. The molecular weight excluding hydrogens is 300 g/mol. The Hall–Kier alpha value is -2.33. The van der Waals surface area contributed by atoms with Gasteiger partial charge in [0.2, 0.25) is 0 Å². The highest BCUT2D eigenvalue weighted by atomic mass is 16.5. The van der Waals surface area contributed by atoms with E-state index in [0.717, 1.165) is 37.6 Å². The van der Waals surface area contributed by atoms with E-state index in [1.807, 2.05) is 42.5 Å². The highest BCUT2D eigenvalue weighted by Crippen LogP contribution is 2.21. The van der Waals surface area contributed by atoms with Crippen molar-refractivity contribution in [3.8, 4) is 11.5 Å². The normalized spacial score (nSPS) is 17.6. The van der Waals surface area contributed by atoms with Crippen LogP contribution >= 0.6 is 0 Å². The van der Waals surface area contributed by atoms with Gasteiger partial charge in [0.05, 0.1) is 0 Å². The van der Waals surface area contributed by atoms with E-state index in [-0.39, 0.29) is 5.91 Å². The molecule has 4 heteroatoms. The number of rotatable bonds is 6. The number of amides is 1. The number of para-hydroxylation sites is 1. The lowest BCUT2D eigenvalue weighted by Gasteiger charge is -2.22. The van der Waals surface area contributed by atoms with Gasteiger partial charge in [-0.25, -0.2) is 0 Å². The average molecular weight is 324 g/mol. The van der Waals surface area contributed by atoms with Crippen molar-refractivity contribution in [2.45, 2.75) is 25.8 Å². The predicted molar refractivity (Wildman–Crippen MR) is 95.6 cm³/mol. The Morgan fingerprint density at radius 1 is 1.12 bits per heavy atom. The molecule has 0 aliphatic carbocycles. The summed E-state index contributed by atoms with van der Waals surface area (Å²) in [5.74, 6) is 1.49. The van der Waals surface area contributed by atoms with Gasteiger partial charge in [-0.2, -0.15) is 0 Å². The molecule has 3 rings (SSSR count). The summed E-state index contributed by atoms with van der Waals surface area (Å²) in [6.45, 7) is 5.08. The summed E-state index contributed by atoms with van der Waals surface area (Å²) in [6.07, 6.45) is 2.39. The quantitative estimate of drug-likeness (QED) is 0.881. The van der Waals surface area contributed by atoms with Gasteiger partial charge in [-0.15, -0.1) is 0 Å². The van der Waals surface area contributed by atoms with Gasteiger partial charge in [0.25, 0.3) is 5.91 Å². The highest BCUT2D eigenvalue weighted by molar-refractivity contribution is 5.94. The molecule has 1 amide bonds. The van der Waals surface area contributed by atoms with Crippen LogP contribution in [0.1, 0.15) is 30.1 Å². The van der Waals surface area contributed by atoms with Crippen molar-refractivity contribution in [1.29, 1.82) is 0 Å². The van der Waals surface area contributed by atoms with Crippen molar-refractivity contribution in [3.63, 3.8) is 0 Å². The number of likely N-dealkylation sites (N-methyl/N-ethyl adjacent to an activating group) is 1. The van der Waals surface area contributed by atoms with Gasteiger partial charge in [-0.05, 0) is 62.3 Å². The van der Waals surface area contributed by atoms with Gasteiger partial charge in [0.15, 0.2) is 0 Å². The molecule has 1 aliphatic rings. The first-order valence-corrected chi connectivity index (χ1v) is 8.61. The SMILES string of the molecule is CCN1CCC[C@H]1CNC(=O)c1ccc(Oc2ccccc2)cc1. The average Bonchev–Trinajstić information content (AvgIpc) is 3.09. The van der Waals surface area contributed by atoms with E-state index < -0.39 is 0 Å². The Labute approximate surface area is 143 Å². The van der Waals surface area contributed by atoms with Gasteiger partial charge in [-0.3, -0.25) is 9.69 Å². The fraction of sp³-hybridized carbons (Fsp3) is 0.350. The highest BCUT2D eigenvalue weighted by Gasteiger charge is 2.23. The molecular formula is C20H24N2O2. The third-order valence-corrected chi connectivity index (χ3v) is 4.50. The van der Waals surface area contributed by atoms with Crippen LogP contribution in [-0.4, -0.2) is 36.5 Å². The predicted octanol–water partition coefficient (Wildman–Crippen LogP) is 3.69. The molecule has 1 aliphatic heterocycles. The van der Waals surface area contributed by atoms with E-state index in [0.29, 0.717) is 11.6 Å². The van der Waals surface area contributed by atoms with E-state index in [1.54, 1.807) is 12.1 Å². The van der Waals surface area contributed by atoms with E-state index in [4.69, 9.17) is 4.74 Å². The van der Waals surface area contributed by atoms with Crippen molar-refractivity contribution < 1.29 is 9.53 Å². The molecule has 0 bridgehead atoms. The third kappa shape index (κ3) is 4.15. The Balaban J connectivity index is 1.54. The Bertz CT molecular complexity index is 655. The van der Waals surface area contributed by atoms with Crippen molar-refractivity contribution >= 4 is 5.91 Å². The van der Waals surface area contributed by atoms with Crippen molar-refractivity contribution in [1.82, 2.24) is 10.2 Å². The van der Waals surface area contributed by atoms with E-state index in [9.17, 15) is 4.79 Å². The van der Waals surface area contributed by atoms with Crippen LogP contribution in [0.4, 0.5) is 0 Å². The first-order valence-electron chi connectivity index (χ1n) is 8.61. The summed E-state index contributed by atoms with van der Waals surface area (Å²) in [6, 6.07) is 17.4. The molecule has 1 saturated heterocycles. The van der Waals surface area contributed by atoms with Gasteiger partial charge >= 0.3 is 0 Å². The maximum Gasteiger partial charge on any atom is 0.251 e. The molecule has 0 aromatic heterocycles. The number of nitrogens with one attached hydrogen (secondary N) is 1. The number of carbonyl (C=O) groups excluding carboxylic acids is 1. The second-order valence-corrected chi connectivity index (χ2v) is 6.07. The minimum atomic E-state index is -0.0239. The number of carbonyl (C=O) groups is 1. The molecule has 0 spiro atoms. The van der Waals surface area contributed by atoms with Crippen molar-refractivity contribution in [2.24, 2.45) is 0 Å². The lowest BCUT2D eigenvalue weighted by molar-refractivity contribution is 0.0941. The van der Waals surface area contributed by atoms with Crippen LogP contribution < -0.4 is 10.1 Å². The number of nitrogens with zero attached hydrogens (tertiary/aromatic N) is 1. The van der Waals surface area contributed by atoms with E-state index >= 15 is 0 Å². The summed E-state index contributed by atoms with van der Waals surface area (Å²) in [5, 5.41) is 3.05. The molecule has 2 aromatic rings. The second-order valence-electron chi connectivity index (χ2n) is 6.07. The van der Waals surface area contributed by atoms with E-state index in [2.05, 4.69) is 17.1 Å². The molecule has 0 saturated carbocycles. The second kappa shape index (κ2) is 7.97.